The molecule has 11 heavy (non-hydrogen) atoms. The molecule has 0 aromatic rings. The van der Waals surface area contributed by atoms with Gasteiger partial charge in [0, 0.05) is 0 Å². The van der Waals surface area contributed by atoms with Gasteiger partial charge in [-0.25, -0.2) is 0 Å². The zero-order valence-electron chi connectivity index (χ0n) is 7.55. The summed E-state index contributed by atoms with van der Waals surface area (Å²) in [6.07, 6.45) is 0.753. The van der Waals surface area contributed by atoms with Crippen molar-refractivity contribution in [1.82, 2.24) is 0 Å². The first-order valence-corrected chi connectivity index (χ1v) is 6.67. The molecule has 4 heteroatoms. The highest BCUT2D eigenvalue weighted by Gasteiger charge is 2.26. The minimum atomic E-state index is -2.65. The smallest absolute Gasteiger partial charge is 0.392 e. The molecule has 1 unspecified atom stereocenters. The number of carbonyl (C=O) groups is 1. The van der Waals surface area contributed by atoms with Gasteiger partial charge in [0.05, 0.1) is 5.92 Å². The zero-order valence-corrected chi connectivity index (χ0v) is 8.55. The number of carbonyl (C=O) groups excluding carboxylic acids is 1. The Morgan fingerprint density at radius 3 is 2.36 bits per heavy atom. The normalized spacial score (nSPS) is 14.3. The van der Waals surface area contributed by atoms with E-state index >= 15 is 0 Å². The topological polar surface area (TPSA) is 46.5 Å². The molecule has 0 heterocycles. The number of hydrogen-bond donors (Lipinski definition) is 1. The first kappa shape index (κ1) is 10.6. The summed E-state index contributed by atoms with van der Waals surface area (Å²) in [4.78, 5) is 20.3. The summed E-state index contributed by atoms with van der Waals surface area (Å²) in [5.74, 6) is -0.388. The van der Waals surface area contributed by atoms with E-state index < -0.39 is 8.56 Å². The van der Waals surface area contributed by atoms with Crippen LogP contribution in [0.1, 0.15) is 20.3 Å². The maximum Gasteiger partial charge on any atom is 0.392 e. The Labute approximate surface area is 68.6 Å². The lowest BCUT2D eigenvalue weighted by Gasteiger charge is -2.17. The molecule has 66 valence electrons. The van der Waals surface area contributed by atoms with Gasteiger partial charge in [-0.05, 0) is 19.5 Å². The van der Waals surface area contributed by atoms with E-state index in [0.717, 1.165) is 6.42 Å². The highest BCUT2D eigenvalue weighted by atomic mass is 28.4. The van der Waals surface area contributed by atoms with Gasteiger partial charge in [0.15, 0.2) is 0 Å². The third-order valence-electron chi connectivity index (χ3n) is 1.37. The lowest BCUT2D eigenvalue weighted by molar-refractivity contribution is -0.140. The van der Waals surface area contributed by atoms with Crippen molar-refractivity contribution in [2.24, 2.45) is 5.92 Å². The van der Waals surface area contributed by atoms with Crippen LogP contribution in [0.5, 0.6) is 0 Å². The molecule has 0 saturated carbocycles. The van der Waals surface area contributed by atoms with Crippen molar-refractivity contribution in [3.63, 3.8) is 0 Å². The highest BCUT2D eigenvalue weighted by molar-refractivity contribution is 6.64. The average molecular weight is 176 g/mol. The summed E-state index contributed by atoms with van der Waals surface area (Å²) < 4.78 is 4.85. The van der Waals surface area contributed by atoms with Crippen LogP contribution in [0.15, 0.2) is 0 Å². The second kappa shape index (κ2) is 3.87. The van der Waals surface area contributed by atoms with Crippen LogP contribution < -0.4 is 0 Å². The predicted molar refractivity (Wildman–Crippen MR) is 45.2 cm³/mol. The van der Waals surface area contributed by atoms with E-state index in [0.29, 0.717) is 0 Å². The molecule has 1 atom stereocenters. The van der Waals surface area contributed by atoms with E-state index in [1.807, 2.05) is 6.92 Å². The Kier molecular flexibility index (Phi) is 3.75. The van der Waals surface area contributed by atoms with Crippen molar-refractivity contribution >= 4 is 14.5 Å². The maximum atomic E-state index is 11.0. The quantitative estimate of drug-likeness (QED) is 0.659. The Balaban J connectivity index is 3.88. The first-order chi connectivity index (χ1) is 4.87. The molecular weight excluding hydrogens is 160 g/mol. The van der Waals surface area contributed by atoms with Crippen LogP contribution in [0.4, 0.5) is 0 Å². The molecule has 0 bridgehead atoms. The van der Waals surface area contributed by atoms with Gasteiger partial charge in [0.25, 0.3) is 5.97 Å². The van der Waals surface area contributed by atoms with Crippen molar-refractivity contribution in [2.45, 2.75) is 33.4 Å². The van der Waals surface area contributed by atoms with E-state index in [4.69, 9.17) is 4.43 Å². The summed E-state index contributed by atoms with van der Waals surface area (Å²) in [6, 6.07) is 0. The molecule has 0 spiro atoms. The highest BCUT2D eigenvalue weighted by Crippen LogP contribution is 2.07. The van der Waals surface area contributed by atoms with Crippen LogP contribution in [-0.4, -0.2) is 19.3 Å². The van der Waals surface area contributed by atoms with Crippen molar-refractivity contribution < 1.29 is 14.0 Å². The molecule has 0 aliphatic rings. The zero-order chi connectivity index (χ0) is 9.07. The summed E-state index contributed by atoms with van der Waals surface area (Å²) in [7, 11) is -2.65. The van der Waals surface area contributed by atoms with E-state index in [1.54, 1.807) is 20.0 Å². The third-order valence-corrected chi connectivity index (χ3v) is 2.07. The monoisotopic (exact) mass is 176 g/mol. The lowest BCUT2D eigenvalue weighted by atomic mass is 10.1. The molecule has 0 saturated heterocycles. The molecule has 3 nitrogen and oxygen atoms in total. The van der Waals surface area contributed by atoms with E-state index in [-0.39, 0.29) is 11.9 Å². The van der Waals surface area contributed by atoms with Crippen LogP contribution >= 0.6 is 0 Å². The molecule has 0 aliphatic heterocycles. The van der Waals surface area contributed by atoms with E-state index in [2.05, 4.69) is 0 Å². The van der Waals surface area contributed by atoms with Gasteiger partial charge >= 0.3 is 8.56 Å². The van der Waals surface area contributed by atoms with Crippen molar-refractivity contribution in [1.29, 1.82) is 0 Å². The largest absolute Gasteiger partial charge is 0.494 e. The van der Waals surface area contributed by atoms with Gasteiger partial charge in [-0.1, -0.05) is 13.8 Å². The molecular formula is C7H16O3Si. The fraction of sp³-hybridized carbons (Fsp3) is 0.857. The Morgan fingerprint density at radius 1 is 1.64 bits per heavy atom. The molecule has 0 amide bonds. The summed E-state index contributed by atoms with van der Waals surface area (Å²) >= 11 is 0. The van der Waals surface area contributed by atoms with Gasteiger partial charge in [-0.2, -0.15) is 0 Å². The standard InChI is InChI=1S/C7H16O3Si/c1-5-6(2)7(8)10-11(3,4)9/h6,9H,5H2,1-4H3. The predicted octanol–water partition coefficient (Wildman–Crippen LogP) is 1.27. The molecule has 0 radical (unpaired) electrons. The minimum absolute atomic E-state index is 0.103. The van der Waals surface area contributed by atoms with Crippen LogP contribution in [0.25, 0.3) is 0 Å². The Hall–Kier alpha value is -0.353. The SMILES string of the molecule is CCC(C)C(=O)O[Si](C)(C)O. The Bertz CT molecular complexity index is 139. The minimum Gasteiger partial charge on any atom is -0.494 e. The average Bonchev–Trinajstić information content (AvgIpc) is 1.82. The molecule has 0 aliphatic carbocycles. The molecule has 0 aromatic carbocycles. The van der Waals surface area contributed by atoms with Gasteiger partial charge in [-0.3, -0.25) is 4.79 Å². The van der Waals surface area contributed by atoms with Gasteiger partial charge in [0.2, 0.25) is 0 Å². The van der Waals surface area contributed by atoms with Crippen molar-refractivity contribution in [3.05, 3.63) is 0 Å². The third kappa shape index (κ3) is 4.98. The van der Waals surface area contributed by atoms with Gasteiger partial charge in [0.1, 0.15) is 0 Å². The van der Waals surface area contributed by atoms with Crippen molar-refractivity contribution in [3.8, 4) is 0 Å². The first-order valence-electron chi connectivity index (χ1n) is 3.82. The van der Waals surface area contributed by atoms with Crippen LogP contribution in [0.2, 0.25) is 13.1 Å². The second-order valence-corrected chi connectivity index (χ2v) is 6.27. The van der Waals surface area contributed by atoms with E-state index in [9.17, 15) is 9.59 Å². The summed E-state index contributed by atoms with van der Waals surface area (Å²) in [6.45, 7) is 6.86. The maximum absolute atomic E-state index is 11.0. The Morgan fingerprint density at radius 2 is 2.09 bits per heavy atom. The van der Waals surface area contributed by atoms with Crippen molar-refractivity contribution in [2.75, 3.05) is 0 Å². The van der Waals surface area contributed by atoms with Crippen LogP contribution in [0.3, 0.4) is 0 Å². The fourth-order valence-corrected chi connectivity index (χ4v) is 1.21. The lowest BCUT2D eigenvalue weighted by Crippen LogP contribution is -2.35. The van der Waals surface area contributed by atoms with Crippen LogP contribution in [0, 0.1) is 5.92 Å². The van der Waals surface area contributed by atoms with Gasteiger partial charge in [-0.15, -0.1) is 0 Å². The molecule has 0 rings (SSSR count). The molecule has 0 fully saturated rings. The number of rotatable bonds is 3. The van der Waals surface area contributed by atoms with Crippen LogP contribution in [-0.2, 0) is 9.22 Å². The van der Waals surface area contributed by atoms with Gasteiger partial charge < -0.3 is 9.22 Å². The number of hydrogen-bond acceptors (Lipinski definition) is 3. The second-order valence-electron chi connectivity index (χ2n) is 3.18. The summed E-state index contributed by atoms with van der Waals surface area (Å²) in [5.41, 5.74) is 0. The fourth-order valence-electron chi connectivity index (χ4n) is 0.513. The van der Waals surface area contributed by atoms with E-state index in [1.165, 1.54) is 0 Å². The molecule has 0 aromatic heterocycles. The summed E-state index contributed by atoms with van der Waals surface area (Å²) in [5, 5.41) is 0. The molecule has 1 N–H and O–H groups in total.